The summed E-state index contributed by atoms with van der Waals surface area (Å²) in [6.45, 7) is 10.9. The molecule has 0 atom stereocenters. The highest BCUT2D eigenvalue weighted by atomic mass is 16.5. The molecule has 39 heavy (non-hydrogen) atoms. The zero-order valence-electron chi connectivity index (χ0n) is 23.0. The third-order valence-corrected chi connectivity index (χ3v) is 6.12. The molecule has 0 heterocycles. The molecule has 7 heteroatoms. The topological polar surface area (TPSA) is 74.3 Å². The molecule has 0 spiro atoms. The average molecular weight is 519 g/mol. The predicted octanol–water partition coefficient (Wildman–Crippen LogP) is 9.82. The van der Waals surface area contributed by atoms with Crippen molar-refractivity contribution >= 4 is 40.3 Å². The monoisotopic (exact) mass is 518 g/mol. The number of aliphatic imine (C=N–C) groups is 1. The highest BCUT2D eigenvalue weighted by Gasteiger charge is 2.02. The molecule has 4 aromatic carbocycles. The Balaban J connectivity index is 1.35. The van der Waals surface area contributed by atoms with Crippen LogP contribution in [-0.2, 0) is 0 Å². The molecule has 0 bridgehead atoms. The fourth-order valence-electron chi connectivity index (χ4n) is 3.93. The summed E-state index contributed by atoms with van der Waals surface area (Å²) >= 11 is 0. The van der Waals surface area contributed by atoms with Gasteiger partial charge in [-0.15, -0.1) is 0 Å². The number of rotatable bonds is 11. The second-order valence-corrected chi connectivity index (χ2v) is 8.84. The van der Waals surface area contributed by atoms with E-state index in [0.717, 1.165) is 58.4 Å². The Hall–Kier alpha value is -4.65. The molecular weight excluding hydrogens is 484 g/mol. The Kier molecular flexibility index (Phi) is 9.67. The summed E-state index contributed by atoms with van der Waals surface area (Å²) in [4.78, 5) is 6.83. The number of hydrogen-bond acceptors (Lipinski definition) is 7. The second kappa shape index (κ2) is 13.8. The molecule has 0 aliphatic heterocycles. The van der Waals surface area contributed by atoms with Gasteiger partial charge in [-0.05, 0) is 130 Å². The largest absolute Gasteiger partial charge is 0.494 e. The lowest BCUT2D eigenvalue weighted by molar-refractivity contribution is 0.340. The van der Waals surface area contributed by atoms with Crippen molar-refractivity contribution < 1.29 is 4.74 Å². The number of benzene rings is 4. The maximum atomic E-state index is 5.47. The molecule has 0 N–H and O–H groups in total. The first-order chi connectivity index (χ1) is 19.1. The van der Waals surface area contributed by atoms with Gasteiger partial charge in [0.15, 0.2) is 0 Å². The van der Waals surface area contributed by atoms with Crippen LogP contribution in [0.2, 0.25) is 0 Å². The van der Waals surface area contributed by atoms with Crippen LogP contribution in [0.25, 0.3) is 0 Å². The number of ether oxygens (including phenoxy) is 1. The van der Waals surface area contributed by atoms with Gasteiger partial charge in [-0.25, -0.2) is 0 Å². The van der Waals surface area contributed by atoms with E-state index in [4.69, 9.17) is 4.74 Å². The first-order valence-electron chi connectivity index (χ1n) is 13.2. The van der Waals surface area contributed by atoms with E-state index >= 15 is 0 Å². The SMILES string of the molecule is CCOc1ccc(C=Nc2ccc(N=Nc3ccc(N=Nc4ccc(N(CC)CC)cc4)cc3C)cc2)cc1. The van der Waals surface area contributed by atoms with Crippen LogP contribution in [0.4, 0.5) is 34.1 Å². The molecule has 0 fully saturated rings. The van der Waals surface area contributed by atoms with Crippen molar-refractivity contribution in [2.24, 2.45) is 25.4 Å². The number of nitrogens with zero attached hydrogens (tertiary/aromatic N) is 6. The van der Waals surface area contributed by atoms with Crippen LogP contribution in [0, 0.1) is 6.92 Å². The van der Waals surface area contributed by atoms with E-state index in [1.54, 1.807) is 0 Å². The number of hydrogen-bond donors (Lipinski definition) is 0. The summed E-state index contributed by atoms with van der Waals surface area (Å²) in [5.74, 6) is 0.857. The molecule has 198 valence electrons. The van der Waals surface area contributed by atoms with Gasteiger partial charge in [0.25, 0.3) is 0 Å². The Bertz CT molecular complexity index is 1420. The van der Waals surface area contributed by atoms with Gasteiger partial charge < -0.3 is 9.64 Å². The van der Waals surface area contributed by atoms with Gasteiger partial charge in [-0.2, -0.15) is 20.5 Å². The van der Waals surface area contributed by atoms with Crippen LogP contribution >= 0.6 is 0 Å². The van der Waals surface area contributed by atoms with Gasteiger partial charge >= 0.3 is 0 Å². The van der Waals surface area contributed by atoms with E-state index in [-0.39, 0.29) is 0 Å². The summed E-state index contributed by atoms with van der Waals surface area (Å²) in [7, 11) is 0. The Morgan fingerprint density at radius 1 is 0.641 bits per heavy atom. The van der Waals surface area contributed by atoms with E-state index < -0.39 is 0 Å². The molecule has 0 saturated heterocycles. The van der Waals surface area contributed by atoms with Crippen molar-refractivity contribution in [2.45, 2.75) is 27.7 Å². The standard InChI is InChI=1S/C32H34N6O/c1-5-38(6-2)30-17-14-28(15-18-30)34-36-29-16-21-32(24(4)22-29)37-35-27-12-10-26(11-13-27)33-23-25-8-19-31(20-9-25)39-7-3/h8-23H,5-7H2,1-4H3. The quantitative estimate of drug-likeness (QED) is 0.146. The van der Waals surface area contributed by atoms with E-state index in [1.807, 2.05) is 98.9 Å². The summed E-state index contributed by atoms with van der Waals surface area (Å²) in [6.07, 6.45) is 1.83. The van der Waals surface area contributed by atoms with Crippen molar-refractivity contribution in [3.8, 4) is 5.75 Å². The van der Waals surface area contributed by atoms with Crippen molar-refractivity contribution in [2.75, 3.05) is 24.6 Å². The maximum Gasteiger partial charge on any atom is 0.119 e. The third-order valence-electron chi connectivity index (χ3n) is 6.12. The number of anilines is 1. The van der Waals surface area contributed by atoms with Crippen LogP contribution < -0.4 is 9.64 Å². The fraction of sp³-hybridized carbons (Fsp3) is 0.219. The summed E-state index contributed by atoms with van der Waals surface area (Å²) < 4.78 is 5.47. The molecule has 0 saturated carbocycles. The van der Waals surface area contributed by atoms with Gasteiger partial charge in [0.05, 0.1) is 35.0 Å². The van der Waals surface area contributed by atoms with Crippen LogP contribution in [0.1, 0.15) is 31.9 Å². The minimum atomic E-state index is 0.654. The van der Waals surface area contributed by atoms with E-state index in [0.29, 0.717) is 6.61 Å². The van der Waals surface area contributed by atoms with Crippen LogP contribution in [0.3, 0.4) is 0 Å². The first-order valence-corrected chi connectivity index (χ1v) is 13.2. The molecule has 0 amide bonds. The van der Waals surface area contributed by atoms with Crippen molar-refractivity contribution in [3.05, 3.63) is 102 Å². The van der Waals surface area contributed by atoms with Crippen molar-refractivity contribution in [1.29, 1.82) is 0 Å². The molecule has 0 aliphatic carbocycles. The lowest BCUT2D eigenvalue weighted by atomic mass is 10.2. The minimum absolute atomic E-state index is 0.654. The molecule has 0 aromatic heterocycles. The molecule has 4 aromatic rings. The average Bonchev–Trinajstić information content (AvgIpc) is 2.97. The molecule has 0 aliphatic rings. The zero-order valence-corrected chi connectivity index (χ0v) is 23.0. The molecule has 7 nitrogen and oxygen atoms in total. The minimum Gasteiger partial charge on any atom is -0.494 e. The van der Waals surface area contributed by atoms with Crippen LogP contribution in [0.15, 0.2) is 116 Å². The Morgan fingerprint density at radius 2 is 1.21 bits per heavy atom. The highest BCUT2D eigenvalue weighted by molar-refractivity contribution is 5.82. The zero-order chi connectivity index (χ0) is 27.5. The summed E-state index contributed by atoms with van der Waals surface area (Å²) in [6, 6.07) is 29.4. The normalized spacial score (nSPS) is 11.6. The summed E-state index contributed by atoms with van der Waals surface area (Å²) in [5.41, 5.74) is 7.15. The lowest BCUT2D eigenvalue weighted by Crippen LogP contribution is -2.21. The fourth-order valence-corrected chi connectivity index (χ4v) is 3.93. The van der Waals surface area contributed by atoms with Gasteiger partial charge in [0.2, 0.25) is 0 Å². The van der Waals surface area contributed by atoms with Gasteiger partial charge in [0.1, 0.15) is 5.75 Å². The Morgan fingerprint density at radius 3 is 1.82 bits per heavy atom. The number of aryl methyl sites for hydroxylation is 1. The van der Waals surface area contributed by atoms with Crippen LogP contribution in [0.5, 0.6) is 5.75 Å². The molecule has 0 unspecified atom stereocenters. The van der Waals surface area contributed by atoms with E-state index in [9.17, 15) is 0 Å². The molecule has 4 rings (SSSR count). The summed E-state index contributed by atoms with van der Waals surface area (Å²) in [5, 5.41) is 17.6. The van der Waals surface area contributed by atoms with Crippen molar-refractivity contribution in [3.63, 3.8) is 0 Å². The Labute approximate surface area is 230 Å². The van der Waals surface area contributed by atoms with Gasteiger partial charge in [-0.3, -0.25) is 4.99 Å². The maximum absolute atomic E-state index is 5.47. The molecule has 0 radical (unpaired) electrons. The molecular formula is C32H34N6O. The lowest BCUT2D eigenvalue weighted by Gasteiger charge is -2.20. The predicted molar refractivity (Wildman–Crippen MR) is 161 cm³/mol. The van der Waals surface area contributed by atoms with Gasteiger partial charge in [-0.1, -0.05) is 0 Å². The first kappa shape index (κ1) is 27.4. The third kappa shape index (κ3) is 7.92. The van der Waals surface area contributed by atoms with E-state index in [2.05, 4.69) is 56.3 Å². The highest BCUT2D eigenvalue weighted by Crippen LogP contribution is 2.28. The number of azo groups is 2. The second-order valence-electron chi connectivity index (χ2n) is 8.84. The van der Waals surface area contributed by atoms with Crippen molar-refractivity contribution in [1.82, 2.24) is 0 Å². The smallest absolute Gasteiger partial charge is 0.119 e. The van der Waals surface area contributed by atoms with E-state index in [1.165, 1.54) is 5.69 Å². The van der Waals surface area contributed by atoms with Crippen LogP contribution in [-0.4, -0.2) is 25.9 Å². The van der Waals surface area contributed by atoms with Gasteiger partial charge in [0, 0.05) is 25.0 Å².